The Bertz CT molecular complexity index is 647. The second-order valence-electron chi connectivity index (χ2n) is 4.39. The van der Waals surface area contributed by atoms with Crippen LogP contribution < -0.4 is 10.1 Å². The fourth-order valence-corrected chi connectivity index (χ4v) is 2.03. The number of rotatable bonds is 6. The highest BCUT2D eigenvalue weighted by Crippen LogP contribution is 2.28. The van der Waals surface area contributed by atoms with E-state index in [1.165, 1.54) is 12.1 Å². The van der Waals surface area contributed by atoms with Crippen LogP contribution in [0, 0.1) is 10.1 Å². The van der Waals surface area contributed by atoms with Crippen LogP contribution in [-0.4, -0.2) is 11.5 Å². The lowest BCUT2D eigenvalue weighted by Crippen LogP contribution is -2.11. The number of halogens is 1. The molecule has 0 atom stereocenters. The Morgan fingerprint density at radius 3 is 2.67 bits per heavy atom. The molecule has 0 amide bonds. The summed E-state index contributed by atoms with van der Waals surface area (Å²) in [5, 5.41) is 14.5. The van der Waals surface area contributed by atoms with Gasteiger partial charge < -0.3 is 10.1 Å². The molecule has 0 unspecified atom stereocenters. The molecule has 0 aliphatic rings. The minimum absolute atomic E-state index is 0.0117. The van der Waals surface area contributed by atoms with Crippen molar-refractivity contribution in [2.24, 2.45) is 0 Å². The molecule has 0 fully saturated rings. The molecule has 0 aliphatic heterocycles. The van der Waals surface area contributed by atoms with Crippen LogP contribution in [0.1, 0.15) is 12.5 Å². The summed E-state index contributed by atoms with van der Waals surface area (Å²) < 4.78 is 5.60. The molecule has 21 heavy (non-hydrogen) atoms. The van der Waals surface area contributed by atoms with E-state index in [1.54, 1.807) is 24.3 Å². The molecule has 0 aliphatic carbocycles. The first-order valence-electron chi connectivity index (χ1n) is 6.51. The highest BCUT2D eigenvalue weighted by Gasteiger charge is 2.08. The van der Waals surface area contributed by atoms with E-state index in [1.807, 2.05) is 13.0 Å². The van der Waals surface area contributed by atoms with Crippen molar-refractivity contribution >= 4 is 17.3 Å². The summed E-state index contributed by atoms with van der Waals surface area (Å²) in [6.45, 7) is 3.57. The minimum Gasteiger partial charge on any atom is -0.457 e. The van der Waals surface area contributed by atoms with Crippen LogP contribution in [-0.2, 0) is 6.54 Å². The van der Waals surface area contributed by atoms with Gasteiger partial charge in [-0.2, -0.15) is 0 Å². The van der Waals surface area contributed by atoms with Gasteiger partial charge in [0.05, 0.1) is 11.0 Å². The summed E-state index contributed by atoms with van der Waals surface area (Å²) in [5.74, 6) is 0.945. The maximum atomic E-state index is 10.7. The molecule has 0 spiro atoms. The van der Waals surface area contributed by atoms with Crippen molar-refractivity contribution in [3.05, 3.63) is 63.2 Å². The molecule has 2 rings (SSSR count). The van der Waals surface area contributed by atoms with Crippen molar-refractivity contribution in [3.8, 4) is 11.5 Å². The van der Waals surface area contributed by atoms with Crippen LogP contribution >= 0.6 is 11.6 Å². The first-order valence-corrected chi connectivity index (χ1v) is 6.89. The van der Waals surface area contributed by atoms with Crippen LogP contribution in [0.25, 0.3) is 0 Å². The Morgan fingerprint density at radius 1 is 1.24 bits per heavy atom. The zero-order chi connectivity index (χ0) is 15.2. The monoisotopic (exact) mass is 306 g/mol. The number of nitrogens with one attached hydrogen (secondary N) is 1. The molecule has 1 N–H and O–H groups in total. The summed E-state index contributed by atoms with van der Waals surface area (Å²) in [7, 11) is 0. The molecule has 5 nitrogen and oxygen atoms in total. The Labute approximate surface area is 127 Å². The van der Waals surface area contributed by atoms with Gasteiger partial charge in [0.15, 0.2) is 0 Å². The summed E-state index contributed by atoms with van der Waals surface area (Å²) >= 11 is 6.18. The average Bonchev–Trinajstić information content (AvgIpc) is 2.47. The highest BCUT2D eigenvalue weighted by molar-refractivity contribution is 6.31. The van der Waals surface area contributed by atoms with Crippen molar-refractivity contribution in [1.29, 1.82) is 0 Å². The summed E-state index contributed by atoms with van der Waals surface area (Å²) in [6, 6.07) is 11.4. The lowest BCUT2D eigenvalue weighted by Gasteiger charge is -2.09. The van der Waals surface area contributed by atoms with Gasteiger partial charge in [-0.05, 0) is 30.3 Å². The minimum atomic E-state index is -0.459. The van der Waals surface area contributed by atoms with Gasteiger partial charge in [-0.1, -0.05) is 30.7 Å². The van der Waals surface area contributed by atoms with Gasteiger partial charge in [-0.15, -0.1) is 0 Å². The molecule has 110 valence electrons. The Balaban J connectivity index is 2.14. The highest BCUT2D eigenvalue weighted by atomic mass is 35.5. The van der Waals surface area contributed by atoms with Crippen molar-refractivity contribution in [1.82, 2.24) is 5.32 Å². The topological polar surface area (TPSA) is 64.4 Å². The maximum absolute atomic E-state index is 10.7. The Morgan fingerprint density at radius 2 is 2.00 bits per heavy atom. The summed E-state index contributed by atoms with van der Waals surface area (Å²) in [5.41, 5.74) is 0.965. The predicted octanol–water partition coefficient (Wildman–Crippen LogP) is 4.15. The molecule has 0 heterocycles. The second kappa shape index (κ2) is 7.06. The number of hydrogen-bond acceptors (Lipinski definition) is 4. The zero-order valence-corrected chi connectivity index (χ0v) is 12.3. The second-order valence-corrected chi connectivity index (χ2v) is 4.80. The van der Waals surface area contributed by atoms with Crippen LogP contribution in [0.5, 0.6) is 11.5 Å². The number of benzene rings is 2. The van der Waals surface area contributed by atoms with Crippen LogP contribution in [0.4, 0.5) is 5.69 Å². The van der Waals surface area contributed by atoms with E-state index >= 15 is 0 Å². The van der Waals surface area contributed by atoms with Gasteiger partial charge in [-0.3, -0.25) is 10.1 Å². The molecule has 0 saturated heterocycles. The fraction of sp³-hybridized carbons (Fsp3) is 0.200. The molecule has 0 aromatic heterocycles. The van der Waals surface area contributed by atoms with Crippen LogP contribution in [0.15, 0.2) is 42.5 Å². The molecule has 0 bridgehead atoms. The van der Waals surface area contributed by atoms with Crippen LogP contribution in [0.3, 0.4) is 0 Å². The smallest absolute Gasteiger partial charge is 0.273 e. The maximum Gasteiger partial charge on any atom is 0.273 e. The lowest BCUT2D eigenvalue weighted by atomic mass is 10.2. The Hall–Kier alpha value is -2.11. The quantitative estimate of drug-likeness (QED) is 0.643. The number of nitrogens with zero attached hydrogens (tertiary/aromatic N) is 1. The van der Waals surface area contributed by atoms with Crippen molar-refractivity contribution < 1.29 is 9.66 Å². The fourth-order valence-electron chi connectivity index (χ4n) is 1.79. The number of nitro benzene ring substituents is 1. The Kier molecular flexibility index (Phi) is 5.14. The van der Waals surface area contributed by atoms with E-state index in [4.69, 9.17) is 16.3 Å². The van der Waals surface area contributed by atoms with Crippen LogP contribution in [0.2, 0.25) is 5.02 Å². The van der Waals surface area contributed by atoms with Gasteiger partial charge in [0.25, 0.3) is 5.69 Å². The molecular formula is C15H15ClN2O3. The van der Waals surface area contributed by atoms with Crippen molar-refractivity contribution in [3.63, 3.8) is 0 Å². The van der Waals surface area contributed by atoms with E-state index in [9.17, 15) is 10.1 Å². The molecule has 2 aromatic rings. The number of non-ortho nitro benzene ring substituents is 1. The molecule has 2 aromatic carbocycles. The largest absolute Gasteiger partial charge is 0.457 e. The molecular weight excluding hydrogens is 292 g/mol. The molecule has 0 saturated carbocycles. The zero-order valence-electron chi connectivity index (χ0n) is 11.5. The lowest BCUT2D eigenvalue weighted by molar-refractivity contribution is -0.384. The molecule has 0 radical (unpaired) electrons. The predicted molar refractivity (Wildman–Crippen MR) is 82.0 cm³/mol. The SMILES string of the molecule is CCNCc1ccc(Oc2cccc([N+](=O)[O-])c2)cc1Cl. The first kappa shape index (κ1) is 15.3. The third-order valence-electron chi connectivity index (χ3n) is 2.85. The van der Waals surface area contributed by atoms with E-state index in [0.717, 1.165) is 12.1 Å². The average molecular weight is 307 g/mol. The van der Waals surface area contributed by atoms with Gasteiger partial charge >= 0.3 is 0 Å². The number of ether oxygens (including phenoxy) is 1. The van der Waals surface area contributed by atoms with E-state index in [-0.39, 0.29) is 5.69 Å². The third-order valence-corrected chi connectivity index (χ3v) is 3.21. The van der Waals surface area contributed by atoms with Gasteiger partial charge in [0.1, 0.15) is 11.5 Å². The van der Waals surface area contributed by atoms with E-state index in [2.05, 4.69) is 5.32 Å². The normalized spacial score (nSPS) is 10.4. The summed E-state index contributed by atoms with van der Waals surface area (Å²) in [4.78, 5) is 10.3. The third kappa shape index (κ3) is 4.18. The molecule has 6 heteroatoms. The number of hydrogen-bond donors (Lipinski definition) is 1. The standard InChI is InChI=1S/C15H15ClN2O3/c1-2-17-10-11-6-7-14(9-15(11)16)21-13-5-3-4-12(8-13)18(19)20/h3-9,17H,2,10H2,1H3. The first-order chi connectivity index (χ1) is 10.1. The van der Waals surface area contributed by atoms with Gasteiger partial charge in [0.2, 0.25) is 0 Å². The van der Waals surface area contributed by atoms with Gasteiger partial charge in [-0.25, -0.2) is 0 Å². The summed E-state index contributed by atoms with van der Waals surface area (Å²) in [6.07, 6.45) is 0. The van der Waals surface area contributed by atoms with Crippen molar-refractivity contribution in [2.45, 2.75) is 13.5 Å². The van der Waals surface area contributed by atoms with Gasteiger partial charge in [0, 0.05) is 17.6 Å². The van der Waals surface area contributed by atoms with Crippen molar-refractivity contribution in [2.75, 3.05) is 6.54 Å². The van der Waals surface area contributed by atoms with E-state index in [0.29, 0.717) is 23.1 Å². The van der Waals surface area contributed by atoms with E-state index < -0.39 is 4.92 Å². The number of nitro groups is 1.